The topological polar surface area (TPSA) is 451 Å². The summed E-state index contributed by atoms with van der Waals surface area (Å²) in [7, 11) is -9.01. The van der Waals surface area contributed by atoms with Gasteiger partial charge >= 0.3 is 0 Å². The number of sulfonamides is 3. The number of nitro benzene ring substituents is 5. The lowest BCUT2D eigenvalue weighted by atomic mass is 10.1. The normalized spacial score (nSPS) is 17.0. The minimum atomic E-state index is -3.88. The van der Waals surface area contributed by atoms with Gasteiger partial charge in [0.25, 0.3) is 28.4 Å². The van der Waals surface area contributed by atoms with Crippen molar-refractivity contribution in [3.8, 4) is 0 Å². The van der Waals surface area contributed by atoms with E-state index in [0.717, 1.165) is 51.7 Å². The van der Waals surface area contributed by atoms with E-state index >= 15 is 0 Å². The maximum absolute atomic E-state index is 13.6. The van der Waals surface area contributed by atoms with E-state index in [1.807, 2.05) is 59.7 Å². The number of anilines is 5. The molecule has 0 saturated carbocycles. The summed E-state index contributed by atoms with van der Waals surface area (Å²) in [5, 5.41) is 62.6. The van der Waals surface area contributed by atoms with Gasteiger partial charge in [0.15, 0.2) is 19.7 Å². The molecule has 0 spiro atoms. The lowest BCUT2D eigenvalue weighted by molar-refractivity contribution is -0.385. The highest BCUT2D eigenvalue weighted by molar-refractivity contribution is 9.10. The summed E-state index contributed by atoms with van der Waals surface area (Å²) in [5.74, 6) is 0. The summed E-state index contributed by atoms with van der Waals surface area (Å²) < 4.78 is 140. The van der Waals surface area contributed by atoms with Gasteiger partial charge in [-0.2, -0.15) is 12.9 Å². The Morgan fingerprint density at radius 1 is 0.300 bits per heavy atom. The zero-order chi connectivity index (χ0) is 105. The lowest BCUT2D eigenvalue weighted by Crippen LogP contribution is -2.44. The van der Waals surface area contributed by atoms with Crippen LogP contribution >= 0.6 is 159 Å². The molecule has 5 aliphatic heterocycles. The van der Waals surface area contributed by atoms with Crippen LogP contribution in [-0.4, -0.2) is 354 Å². The van der Waals surface area contributed by atoms with E-state index in [9.17, 15) is 92.7 Å². The monoisotopic (exact) mass is 2700 g/mol. The lowest BCUT2D eigenvalue weighted by Gasteiger charge is -2.35. The molecule has 5 heterocycles. The maximum Gasteiger partial charge on any atom is 0.271 e. The minimum Gasteiger partial charge on any atom is -0.369 e. The van der Waals surface area contributed by atoms with Crippen molar-refractivity contribution in [2.24, 2.45) is 5.73 Å². The van der Waals surface area contributed by atoms with E-state index in [2.05, 4.69) is 179 Å². The molecule has 53 heteroatoms. The zero-order valence-corrected chi connectivity index (χ0v) is 101. The van der Waals surface area contributed by atoms with Crippen LogP contribution in [0.3, 0.4) is 0 Å². The molecule has 0 radical (unpaired) electrons. The van der Waals surface area contributed by atoms with E-state index in [1.54, 1.807) is 34.6 Å². The van der Waals surface area contributed by atoms with Gasteiger partial charge in [-0.3, -0.25) is 50.6 Å². The van der Waals surface area contributed by atoms with Crippen LogP contribution in [0, 0.1) is 85.2 Å². The third-order valence-electron chi connectivity index (χ3n) is 24.9. The third kappa shape index (κ3) is 34.4. The van der Waals surface area contributed by atoms with Gasteiger partial charge in [-0.25, -0.2) is 42.1 Å². The molecule has 1 atom stereocenters. The van der Waals surface area contributed by atoms with Crippen LogP contribution in [0.15, 0.2) is 85.1 Å². The molecule has 2 N–H and O–H groups in total. The van der Waals surface area contributed by atoms with Crippen LogP contribution < -0.4 is 30.2 Å². The van der Waals surface area contributed by atoms with Crippen LogP contribution in [0.1, 0.15) is 98.4 Å². The molecule has 140 heavy (non-hydrogen) atoms. The third-order valence-corrected chi connectivity index (χ3v) is 38.7. The predicted molar refractivity (Wildman–Crippen MR) is 595 cm³/mol. The number of non-ortho nitro benzene ring substituents is 5. The Kier molecular flexibility index (Phi) is 53.3. The largest absolute Gasteiger partial charge is 0.369 e. The molecule has 5 fully saturated rings. The predicted octanol–water partition coefficient (Wildman–Crippen LogP) is 16.2. The number of benzene rings is 5. The van der Waals surface area contributed by atoms with Crippen LogP contribution in [0.5, 0.6) is 0 Å². The average Bonchev–Trinajstić information content (AvgIpc) is 0.858. The number of rotatable bonds is 41. The first kappa shape index (κ1) is 125. The Hall–Kier alpha value is -3.67. The van der Waals surface area contributed by atoms with Crippen molar-refractivity contribution in [3.05, 3.63) is 139 Å². The van der Waals surface area contributed by atoms with Crippen LogP contribution in [-0.2, 0) is 49.7 Å². The molecule has 790 valence electrons. The van der Waals surface area contributed by atoms with Gasteiger partial charge in [-0.15, -0.1) is 0 Å². The van der Waals surface area contributed by atoms with Gasteiger partial charge in [0, 0.05) is 231 Å². The second-order valence-corrected chi connectivity index (χ2v) is 52.9. The maximum atomic E-state index is 13.6. The summed E-state index contributed by atoms with van der Waals surface area (Å²) in [4.78, 5) is 72.9. The van der Waals surface area contributed by atoms with Crippen molar-refractivity contribution < 1.29 is 66.7 Å². The summed E-state index contributed by atoms with van der Waals surface area (Å²) >= 11 is 34.2. The first-order chi connectivity index (χ1) is 66.0. The number of nitrogens with zero attached hydrogens (tertiary/aromatic N) is 17. The Morgan fingerprint density at radius 3 is 0.750 bits per heavy atom. The molecule has 0 aromatic heterocycles. The number of halogens is 10. The number of aryl methyl sites for hydroxylation is 5. The molecular formula is C87H132Br10N18O20S5. The van der Waals surface area contributed by atoms with Crippen molar-refractivity contribution in [3.63, 3.8) is 0 Å². The number of likely N-dealkylation sites (tertiary alicyclic amines) is 2. The first-order valence-electron chi connectivity index (χ1n) is 45.8. The Bertz CT molecular complexity index is 5400. The van der Waals surface area contributed by atoms with Crippen molar-refractivity contribution in [2.45, 2.75) is 152 Å². The van der Waals surface area contributed by atoms with Crippen LogP contribution in [0.4, 0.5) is 56.9 Å². The van der Waals surface area contributed by atoms with E-state index < -0.39 is 84.9 Å². The van der Waals surface area contributed by atoms with Crippen LogP contribution in [0.25, 0.3) is 0 Å². The van der Waals surface area contributed by atoms with E-state index in [4.69, 9.17) is 5.73 Å². The molecule has 1 unspecified atom stereocenters. The average molecular weight is 2710 g/mol. The number of nitrogens with two attached hydrogens (primary N) is 1. The smallest absolute Gasteiger partial charge is 0.271 e. The number of piperidine rings is 3. The second-order valence-electron chi connectivity index (χ2n) is 34.9. The fraction of sp³-hybridized carbons (Fsp3) is 0.655. The van der Waals surface area contributed by atoms with E-state index in [-0.39, 0.29) is 59.0 Å². The molecule has 10 rings (SSSR count). The second kappa shape index (κ2) is 59.7. The molecule has 0 amide bonds. The highest BCUT2D eigenvalue weighted by atomic mass is 79.9. The molecule has 0 aliphatic carbocycles. The highest BCUT2D eigenvalue weighted by Gasteiger charge is 2.42. The fourth-order valence-electron chi connectivity index (χ4n) is 17.7. The van der Waals surface area contributed by atoms with Gasteiger partial charge in [-0.1, -0.05) is 159 Å². The standard InChI is InChI=1S/2C18H28Br2N4O4S.C18H27Br2N3O4S.C17H25Br2N3O4S.C16H24Br2N4O4S/c1-14-12-16(24(25)26)13-17(18(14)22(10-6-19)11-7-20)29(27,28)23-8-4-15(5-9-23)21(2)3;1-15-13-16(24(25)26)14-17(18(15)22(11-5-19)12-6-20)29(27,28)23-9-3-7-21(2)8-4-10-23;1-14-12-15(23(24)25)13-17(18(14)22(10-6-19)11-7-20)28(26,27)16-4-3-8-21(2)9-5-16;1-13-11-14(22(23)24)12-16(17(13)21(9-5-18)10-6-19)27(25,26)15-3-7-20(2)8-4-15;1-12-10-14(22(23)24)11-15(16(12)20(8-4-17)9-5-18)27(25,26)21-6-2-13(19)3-7-21/h12-13,15H,4-11H2,1-3H3;13-14H,3-12H2,1-2H3;12-13,16H,3-11H2,1-2H3;11-12,15H,3-10H2,1-2H3;10-11,13H,2-9,19H2,1H3. The number of hydrogen-bond donors (Lipinski definition) is 1. The van der Waals surface area contributed by atoms with Crippen molar-refractivity contribution in [2.75, 3.05) is 257 Å². The quantitative estimate of drug-likeness (QED) is 0.0216. The summed E-state index contributed by atoms with van der Waals surface area (Å²) in [6.45, 7) is 21.6. The molecular weight excluding hydrogens is 2580 g/mol. The van der Waals surface area contributed by atoms with Gasteiger partial charge < -0.3 is 49.8 Å². The molecule has 38 nitrogen and oxygen atoms in total. The number of sulfone groups is 2. The Labute approximate surface area is 909 Å². The van der Waals surface area contributed by atoms with Gasteiger partial charge in [0.05, 0.1) is 73.3 Å². The van der Waals surface area contributed by atoms with Crippen molar-refractivity contribution >= 4 is 266 Å². The van der Waals surface area contributed by atoms with Crippen LogP contribution in [0.2, 0.25) is 0 Å². The van der Waals surface area contributed by atoms with Crippen molar-refractivity contribution in [1.29, 1.82) is 0 Å². The van der Waals surface area contributed by atoms with E-state index in [0.29, 0.717) is 278 Å². The van der Waals surface area contributed by atoms with Crippen molar-refractivity contribution in [1.82, 2.24) is 32.5 Å². The van der Waals surface area contributed by atoms with Gasteiger partial charge in [0.2, 0.25) is 30.1 Å². The summed E-state index contributed by atoms with van der Waals surface area (Å²) in [6.07, 6.45) is 7.08. The SMILES string of the molecule is Cc1cc([N+](=O)[O-])cc(S(=O)(=O)C2CCCN(C)CC2)c1N(CCBr)CCBr.Cc1cc([N+](=O)[O-])cc(S(=O)(=O)C2CCN(C)CC2)c1N(CCBr)CCBr.Cc1cc([N+](=O)[O-])cc(S(=O)(=O)N2CCC(N(C)C)CC2)c1N(CCBr)CCBr.Cc1cc([N+](=O)[O-])cc(S(=O)(=O)N2CCC(N)CC2)c1N(CCBr)CCBr.Cc1cc([N+](=O)[O-])cc(S(=O)(=O)N2CCCN(C)CCC2)c1N(CCBr)CCBr. The molecule has 5 aromatic carbocycles. The highest BCUT2D eigenvalue weighted by Crippen LogP contribution is 2.44. The number of nitro groups is 5. The van der Waals surface area contributed by atoms with Gasteiger partial charge in [0.1, 0.15) is 14.7 Å². The van der Waals surface area contributed by atoms with Gasteiger partial charge in [-0.05, 0) is 208 Å². The van der Waals surface area contributed by atoms with E-state index in [1.165, 1.54) is 73.6 Å². The molecule has 5 aromatic rings. The minimum absolute atomic E-state index is 0.00780. The molecule has 5 aliphatic rings. The molecule has 0 bridgehead atoms. The number of alkyl halides is 10. The Balaban J connectivity index is 0.000000268. The molecule has 5 saturated heterocycles. The fourth-order valence-corrected chi connectivity index (χ4v) is 31.5. The number of hydrogen-bond acceptors (Lipinski definition) is 30. The summed E-state index contributed by atoms with van der Waals surface area (Å²) in [5.41, 5.74) is 10.7. The Morgan fingerprint density at radius 2 is 0.507 bits per heavy atom. The first-order valence-corrected chi connectivity index (χ1v) is 64.4. The summed E-state index contributed by atoms with van der Waals surface area (Å²) in [6, 6.07) is 13.7. The zero-order valence-electron chi connectivity index (χ0n) is 80.7.